The van der Waals surface area contributed by atoms with Gasteiger partial charge in [-0.3, -0.25) is 0 Å². The fourth-order valence-electron chi connectivity index (χ4n) is 1.63. The molecule has 0 heterocycles. The van der Waals surface area contributed by atoms with E-state index in [1.54, 1.807) is 0 Å². The van der Waals surface area contributed by atoms with Crippen LogP contribution in [0.1, 0.15) is 37.3 Å². The van der Waals surface area contributed by atoms with E-state index in [0.717, 1.165) is 24.0 Å². The summed E-state index contributed by atoms with van der Waals surface area (Å²) in [4.78, 5) is 11.1. The third kappa shape index (κ3) is 3.77. The molecule has 1 N–H and O–H groups in total. The van der Waals surface area contributed by atoms with Crippen molar-refractivity contribution < 1.29 is 14.6 Å². The van der Waals surface area contributed by atoms with E-state index < -0.39 is 12.1 Å². The summed E-state index contributed by atoms with van der Waals surface area (Å²) in [5.74, 6) is -0.215. The minimum Gasteiger partial charge on any atom is -0.479 e. The molecule has 1 unspecified atom stereocenters. The molecule has 0 fully saturated rings. The molecule has 94 valence electrons. The summed E-state index contributed by atoms with van der Waals surface area (Å²) in [6, 6.07) is 5.70. The van der Waals surface area contributed by atoms with Gasteiger partial charge in [-0.1, -0.05) is 25.5 Å². The van der Waals surface area contributed by atoms with Crippen molar-refractivity contribution in [2.45, 2.75) is 46.1 Å². The van der Waals surface area contributed by atoms with Crippen LogP contribution in [0.25, 0.3) is 0 Å². The van der Waals surface area contributed by atoms with Crippen LogP contribution in [-0.4, -0.2) is 17.2 Å². The molecule has 1 atom stereocenters. The van der Waals surface area contributed by atoms with Gasteiger partial charge in [-0.2, -0.15) is 0 Å². The number of aliphatic carboxylic acids is 1. The topological polar surface area (TPSA) is 46.5 Å². The van der Waals surface area contributed by atoms with Gasteiger partial charge in [0.1, 0.15) is 5.75 Å². The van der Waals surface area contributed by atoms with Crippen molar-refractivity contribution in [2.24, 2.45) is 0 Å². The molecule has 1 aromatic carbocycles. The normalized spacial score (nSPS) is 12.2. The van der Waals surface area contributed by atoms with Crippen LogP contribution in [0.5, 0.6) is 5.75 Å². The van der Waals surface area contributed by atoms with Gasteiger partial charge in [0.15, 0.2) is 6.10 Å². The Hall–Kier alpha value is -1.51. The molecule has 0 radical (unpaired) electrons. The van der Waals surface area contributed by atoms with Crippen molar-refractivity contribution in [1.29, 1.82) is 0 Å². The molecule has 0 spiro atoms. The molecule has 0 aliphatic carbocycles. The van der Waals surface area contributed by atoms with E-state index in [-0.39, 0.29) is 0 Å². The smallest absolute Gasteiger partial charge is 0.344 e. The zero-order chi connectivity index (χ0) is 12.8. The van der Waals surface area contributed by atoms with E-state index in [1.165, 1.54) is 0 Å². The number of benzene rings is 1. The Balaban J connectivity index is 2.78. The molecule has 0 saturated carbocycles. The molecule has 0 aliphatic rings. The van der Waals surface area contributed by atoms with Crippen LogP contribution < -0.4 is 4.74 Å². The van der Waals surface area contributed by atoms with Crippen LogP contribution in [0.15, 0.2) is 18.2 Å². The lowest BCUT2D eigenvalue weighted by atomic mass is 10.1. The highest BCUT2D eigenvalue weighted by molar-refractivity contribution is 5.72. The number of carbonyl (C=O) groups is 1. The fourth-order valence-corrected chi connectivity index (χ4v) is 1.63. The van der Waals surface area contributed by atoms with Crippen molar-refractivity contribution in [3.05, 3.63) is 29.3 Å². The largest absolute Gasteiger partial charge is 0.479 e. The number of carboxylic acids is 1. The molecule has 0 aromatic heterocycles. The summed E-state index contributed by atoms with van der Waals surface area (Å²) < 4.78 is 5.59. The maximum Gasteiger partial charge on any atom is 0.344 e. The van der Waals surface area contributed by atoms with Crippen molar-refractivity contribution in [2.75, 3.05) is 0 Å². The second-order valence-corrected chi connectivity index (χ2v) is 4.29. The predicted molar refractivity (Wildman–Crippen MR) is 67.5 cm³/mol. The predicted octanol–water partition coefficient (Wildman–Crippen LogP) is 3.33. The fraction of sp³-hybridized carbons (Fsp3) is 0.500. The average molecular weight is 236 g/mol. The van der Waals surface area contributed by atoms with Gasteiger partial charge >= 0.3 is 5.97 Å². The SMILES string of the molecule is CCCCC(Oc1cccc(C)c1C)C(=O)O. The number of ether oxygens (including phenoxy) is 1. The average Bonchev–Trinajstić information content (AvgIpc) is 2.29. The van der Waals surface area contributed by atoms with Gasteiger partial charge in [0.05, 0.1) is 0 Å². The van der Waals surface area contributed by atoms with Gasteiger partial charge in [-0.05, 0) is 43.9 Å². The summed E-state index contributed by atoms with van der Waals surface area (Å²) in [6.07, 6.45) is 1.65. The minimum atomic E-state index is -0.889. The molecule has 0 amide bonds. The number of hydrogen-bond donors (Lipinski definition) is 1. The Morgan fingerprint density at radius 1 is 1.41 bits per heavy atom. The van der Waals surface area contributed by atoms with E-state index >= 15 is 0 Å². The first-order valence-electron chi connectivity index (χ1n) is 6.02. The number of aryl methyl sites for hydroxylation is 1. The molecule has 1 rings (SSSR count). The van der Waals surface area contributed by atoms with Gasteiger partial charge in [0.25, 0.3) is 0 Å². The molecule has 0 aliphatic heterocycles. The highest BCUT2D eigenvalue weighted by Crippen LogP contribution is 2.23. The van der Waals surface area contributed by atoms with Crippen LogP contribution in [0.4, 0.5) is 0 Å². The lowest BCUT2D eigenvalue weighted by molar-refractivity contribution is -0.145. The maximum atomic E-state index is 11.1. The van der Waals surface area contributed by atoms with Gasteiger partial charge in [-0.25, -0.2) is 4.79 Å². The summed E-state index contributed by atoms with van der Waals surface area (Å²) in [6.45, 7) is 5.98. The van der Waals surface area contributed by atoms with Crippen LogP contribution in [0.3, 0.4) is 0 Å². The number of hydrogen-bond acceptors (Lipinski definition) is 2. The first kappa shape index (κ1) is 13.6. The van der Waals surface area contributed by atoms with Crippen molar-refractivity contribution in [3.63, 3.8) is 0 Å². The highest BCUT2D eigenvalue weighted by Gasteiger charge is 2.19. The summed E-state index contributed by atoms with van der Waals surface area (Å²) >= 11 is 0. The van der Waals surface area contributed by atoms with Crippen LogP contribution in [-0.2, 0) is 4.79 Å². The van der Waals surface area contributed by atoms with Gasteiger partial charge in [0, 0.05) is 0 Å². The van der Waals surface area contributed by atoms with Crippen molar-refractivity contribution >= 4 is 5.97 Å². The van der Waals surface area contributed by atoms with Crippen LogP contribution in [0, 0.1) is 13.8 Å². The number of rotatable bonds is 6. The van der Waals surface area contributed by atoms with E-state index in [2.05, 4.69) is 0 Å². The molecule has 1 aromatic rings. The molecule has 3 heteroatoms. The Morgan fingerprint density at radius 2 is 2.12 bits per heavy atom. The number of unbranched alkanes of at least 4 members (excludes halogenated alkanes) is 1. The first-order chi connectivity index (χ1) is 8.06. The van der Waals surface area contributed by atoms with Gasteiger partial charge < -0.3 is 9.84 Å². The Labute approximate surface area is 102 Å². The molecule has 0 bridgehead atoms. The number of carboxylic acid groups (broad SMARTS) is 1. The van der Waals surface area contributed by atoms with Crippen molar-refractivity contribution in [3.8, 4) is 5.75 Å². The first-order valence-corrected chi connectivity index (χ1v) is 6.02. The van der Waals surface area contributed by atoms with Crippen LogP contribution >= 0.6 is 0 Å². The van der Waals surface area contributed by atoms with E-state index in [0.29, 0.717) is 12.2 Å². The molecule has 0 saturated heterocycles. The zero-order valence-corrected chi connectivity index (χ0v) is 10.7. The molecule has 3 nitrogen and oxygen atoms in total. The summed E-state index contributed by atoms with van der Waals surface area (Å²) in [7, 11) is 0. The van der Waals surface area contributed by atoms with E-state index in [9.17, 15) is 4.79 Å². The van der Waals surface area contributed by atoms with Gasteiger partial charge in [-0.15, -0.1) is 0 Å². The molecular weight excluding hydrogens is 216 g/mol. The quantitative estimate of drug-likeness (QED) is 0.824. The van der Waals surface area contributed by atoms with Crippen LogP contribution in [0.2, 0.25) is 0 Å². The summed E-state index contributed by atoms with van der Waals surface area (Å²) in [5, 5.41) is 9.10. The Bertz CT molecular complexity index is 385. The highest BCUT2D eigenvalue weighted by atomic mass is 16.5. The van der Waals surface area contributed by atoms with Gasteiger partial charge in [0.2, 0.25) is 0 Å². The second kappa shape index (κ2) is 6.28. The summed E-state index contributed by atoms with van der Waals surface area (Å²) in [5.41, 5.74) is 2.12. The molecular formula is C14H20O3. The standard InChI is InChI=1S/C14H20O3/c1-4-5-8-13(14(15)16)17-12-9-6-7-10(2)11(12)3/h6-7,9,13H,4-5,8H2,1-3H3,(H,15,16). The Morgan fingerprint density at radius 3 is 2.71 bits per heavy atom. The third-order valence-corrected chi connectivity index (χ3v) is 2.92. The van der Waals surface area contributed by atoms with E-state index in [1.807, 2.05) is 39.0 Å². The minimum absolute atomic E-state index is 0.555. The second-order valence-electron chi connectivity index (χ2n) is 4.29. The zero-order valence-electron chi connectivity index (χ0n) is 10.7. The lowest BCUT2D eigenvalue weighted by Gasteiger charge is -2.17. The monoisotopic (exact) mass is 236 g/mol. The Kier molecular flexibility index (Phi) is 5.01. The van der Waals surface area contributed by atoms with Crippen molar-refractivity contribution in [1.82, 2.24) is 0 Å². The lowest BCUT2D eigenvalue weighted by Crippen LogP contribution is -2.27. The maximum absolute atomic E-state index is 11.1. The van der Waals surface area contributed by atoms with E-state index in [4.69, 9.17) is 9.84 Å². The third-order valence-electron chi connectivity index (χ3n) is 2.92. The molecule has 17 heavy (non-hydrogen) atoms.